The van der Waals surface area contributed by atoms with E-state index in [-0.39, 0.29) is 17.1 Å². The molecule has 1 rings (SSSR count). The molecule has 0 saturated heterocycles. The number of rotatable bonds is 2. The molecule has 0 amide bonds. The zero-order chi connectivity index (χ0) is 9.68. The van der Waals surface area contributed by atoms with Gasteiger partial charge in [0.25, 0.3) is 0 Å². The highest BCUT2D eigenvalue weighted by Crippen LogP contribution is 2.28. The van der Waals surface area contributed by atoms with Gasteiger partial charge in [0, 0.05) is 11.1 Å². The van der Waals surface area contributed by atoms with Crippen LogP contribution in [0.15, 0.2) is 17.4 Å². The van der Waals surface area contributed by atoms with Gasteiger partial charge in [0.15, 0.2) is 11.4 Å². The molecule has 0 spiro atoms. The third-order valence-electron chi connectivity index (χ3n) is 1.35. The van der Waals surface area contributed by atoms with E-state index < -0.39 is 0 Å². The molecule has 0 fully saturated rings. The van der Waals surface area contributed by atoms with E-state index in [0.29, 0.717) is 0 Å². The summed E-state index contributed by atoms with van der Waals surface area (Å²) < 4.78 is 4.87. The van der Waals surface area contributed by atoms with Gasteiger partial charge in [0.05, 0.1) is 12.8 Å². The molecule has 0 atom stereocenters. The van der Waals surface area contributed by atoms with E-state index in [1.54, 1.807) is 0 Å². The number of aromatic nitrogens is 1. The Labute approximate surface area is 74.0 Å². The molecule has 0 saturated carbocycles. The summed E-state index contributed by atoms with van der Waals surface area (Å²) in [5, 5.41) is 12.0. The monoisotopic (exact) mass is 175 g/mol. The average Bonchev–Trinajstić information content (AvgIpc) is 2.18. The van der Waals surface area contributed by atoms with Gasteiger partial charge in [-0.2, -0.15) is 5.26 Å². The Morgan fingerprint density at radius 1 is 1.77 bits per heavy atom. The molecule has 6 nitrogen and oxygen atoms in total. The van der Waals surface area contributed by atoms with Gasteiger partial charge in [-0.15, -0.1) is 0 Å². The van der Waals surface area contributed by atoms with Crippen LogP contribution in [0, 0.1) is 11.3 Å². The molecule has 0 aliphatic carbocycles. The molecule has 1 aromatic rings. The molecule has 64 valence electrons. The first-order chi connectivity index (χ1) is 6.33. The van der Waals surface area contributed by atoms with E-state index in [9.17, 15) is 0 Å². The number of azide groups is 1. The first-order valence-electron chi connectivity index (χ1n) is 3.31. The first kappa shape index (κ1) is 8.84. The van der Waals surface area contributed by atoms with Crippen LogP contribution in [0.5, 0.6) is 5.75 Å². The fourth-order valence-electron chi connectivity index (χ4n) is 0.846. The molecule has 0 aliphatic rings. The number of methoxy groups -OCH3 is 1. The molecular weight excluding hydrogens is 170 g/mol. The Balaban J connectivity index is 3.37. The lowest BCUT2D eigenvalue weighted by atomic mass is 10.3. The first-order valence-corrected chi connectivity index (χ1v) is 3.31. The zero-order valence-corrected chi connectivity index (χ0v) is 6.80. The Morgan fingerprint density at radius 2 is 2.54 bits per heavy atom. The van der Waals surface area contributed by atoms with Crippen LogP contribution in [-0.2, 0) is 0 Å². The molecule has 0 N–H and O–H groups in total. The third kappa shape index (κ3) is 1.67. The second kappa shape index (κ2) is 3.95. The second-order valence-corrected chi connectivity index (χ2v) is 2.01. The van der Waals surface area contributed by atoms with Gasteiger partial charge < -0.3 is 4.74 Å². The summed E-state index contributed by atoms with van der Waals surface area (Å²) in [6, 6.07) is 3.30. The van der Waals surface area contributed by atoms with Crippen LogP contribution in [0.4, 0.5) is 5.69 Å². The normalized spacial score (nSPS) is 8.31. The van der Waals surface area contributed by atoms with E-state index in [1.165, 1.54) is 19.4 Å². The topological polar surface area (TPSA) is 94.7 Å². The van der Waals surface area contributed by atoms with Crippen LogP contribution < -0.4 is 4.74 Å². The molecule has 6 heteroatoms. The van der Waals surface area contributed by atoms with Gasteiger partial charge in [-0.05, 0) is 11.6 Å². The van der Waals surface area contributed by atoms with Gasteiger partial charge in [0.1, 0.15) is 6.07 Å². The Bertz CT molecular complexity index is 402. The summed E-state index contributed by atoms with van der Waals surface area (Å²) in [5.41, 5.74) is 8.57. The fourth-order valence-corrected chi connectivity index (χ4v) is 0.846. The summed E-state index contributed by atoms with van der Waals surface area (Å²) >= 11 is 0. The lowest BCUT2D eigenvalue weighted by molar-refractivity contribution is 0.412. The third-order valence-corrected chi connectivity index (χ3v) is 1.35. The predicted octanol–water partition coefficient (Wildman–Crippen LogP) is 1.90. The highest BCUT2D eigenvalue weighted by molar-refractivity contribution is 5.56. The van der Waals surface area contributed by atoms with Crippen molar-refractivity contribution in [1.82, 2.24) is 4.98 Å². The second-order valence-electron chi connectivity index (χ2n) is 2.01. The van der Waals surface area contributed by atoms with Crippen molar-refractivity contribution in [2.24, 2.45) is 5.11 Å². The average molecular weight is 175 g/mol. The van der Waals surface area contributed by atoms with Crippen molar-refractivity contribution in [3.05, 3.63) is 28.4 Å². The maximum absolute atomic E-state index is 8.61. The van der Waals surface area contributed by atoms with Crippen molar-refractivity contribution >= 4 is 5.69 Å². The van der Waals surface area contributed by atoms with Gasteiger partial charge in [-0.25, -0.2) is 4.98 Å². The van der Waals surface area contributed by atoms with E-state index in [2.05, 4.69) is 15.0 Å². The molecular formula is C7H5N5O. The zero-order valence-electron chi connectivity index (χ0n) is 6.80. The minimum absolute atomic E-state index is 0.104. The smallest absolute Gasteiger partial charge is 0.183 e. The van der Waals surface area contributed by atoms with Gasteiger partial charge in [0.2, 0.25) is 0 Å². The van der Waals surface area contributed by atoms with Crippen molar-refractivity contribution in [3.8, 4) is 11.8 Å². The maximum Gasteiger partial charge on any atom is 0.183 e. The Hall–Kier alpha value is -2.25. The summed E-state index contributed by atoms with van der Waals surface area (Å²) in [4.78, 5) is 6.34. The fraction of sp³-hybridized carbons (Fsp3) is 0.143. The number of hydrogen-bond donors (Lipinski definition) is 0. The van der Waals surface area contributed by atoms with Crippen molar-refractivity contribution in [2.45, 2.75) is 0 Å². The minimum Gasteiger partial charge on any atom is -0.493 e. The van der Waals surface area contributed by atoms with Crippen LogP contribution in [0.25, 0.3) is 10.4 Å². The maximum atomic E-state index is 8.61. The predicted molar refractivity (Wildman–Crippen MR) is 44.3 cm³/mol. The molecule has 1 aromatic heterocycles. The van der Waals surface area contributed by atoms with Crippen LogP contribution in [0.1, 0.15) is 5.69 Å². The highest BCUT2D eigenvalue weighted by Gasteiger charge is 2.07. The largest absolute Gasteiger partial charge is 0.493 e. The summed E-state index contributed by atoms with van der Waals surface area (Å²) in [7, 11) is 1.38. The quantitative estimate of drug-likeness (QED) is 0.390. The van der Waals surface area contributed by atoms with Gasteiger partial charge in [-0.3, -0.25) is 0 Å². The highest BCUT2D eigenvalue weighted by atomic mass is 16.5. The van der Waals surface area contributed by atoms with Crippen molar-refractivity contribution in [2.75, 3.05) is 7.11 Å². The van der Waals surface area contributed by atoms with Crippen LogP contribution in [0.2, 0.25) is 0 Å². The number of nitriles is 1. The van der Waals surface area contributed by atoms with E-state index in [4.69, 9.17) is 15.5 Å². The lowest BCUT2D eigenvalue weighted by Crippen LogP contribution is -1.90. The molecule has 0 bridgehead atoms. The molecule has 0 radical (unpaired) electrons. The van der Waals surface area contributed by atoms with Gasteiger partial charge in [-0.1, -0.05) is 5.11 Å². The lowest BCUT2D eigenvalue weighted by Gasteiger charge is -2.03. The Kier molecular flexibility index (Phi) is 2.69. The standard InChI is InChI=1S/C7H5N5O/c1-13-7-5(11-12-9)2-3-10-6(7)4-8/h2-3H,1H3. The molecule has 0 unspecified atom stereocenters. The van der Waals surface area contributed by atoms with Crippen molar-refractivity contribution in [3.63, 3.8) is 0 Å². The number of nitrogens with zero attached hydrogens (tertiary/aromatic N) is 5. The number of hydrogen-bond acceptors (Lipinski definition) is 4. The summed E-state index contributed by atoms with van der Waals surface area (Å²) in [6.07, 6.45) is 1.38. The van der Waals surface area contributed by atoms with E-state index in [0.717, 1.165) is 0 Å². The molecule has 1 heterocycles. The van der Waals surface area contributed by atoms with Crippen molar-refractivity contribution in [1.29, 1.82) is 5.26 Å². The molecule has 0 aliphatic heterocycles. The number of pyridine rings is 1. The molecule has 0 aromatic carbocycles. The SMILES string of the molecule is COc1c(N=[N+]=[N-])ccnc1C#N. The minimum atomic E-state index is 0.104. The summed E-state index contributed by atoms with van der Waals surface area (Å²) in [5.74, 6) is 0.197. The summed E-state index contributed by atoms with van der Waals surface area (Å²) in [6.45, 7) is 0. The van der Waals surface area contributed by atoms with Crippen LogP contribution >= 0.6 is 0 Å². The Morgan fingerprint density at radius 3 is 3.08 bits per heavy atom. The van der Waals surface area contributed by atoms with Crippen LogP contribution in [-0.4, -0.2) is 12.1 Å². The van der Waals surface area contributed by atoms with Crippen LogP contribution in [0.3, 0.4) is 0 Å². The van der Waals surface area contributed by atoms with E-state index in [1.807, 2.05) is 6.07 Å². The van der Waals surface area contributed by atoms with Gasteiger partial charge >= 0.3 is 0 Å². The number of ether oxygens (including phenoxy) is 1. The van der Waals surface area contributed by atoms with E-state index >= 15 is 0 Å². The van der Waals surface area contributed by atoms with Crippen molar-refractivity contribution < 1.29 is 4.74 Å². The molecule has 13 heavy (non-hydrogen) atoms.